The zero-order valence-electron chi connectivity index (χ0n) is 27.5. The standard InChI is InChI=1S/C38H46N2O9/c39-29-18-23(11-14-40-29)37(12-4-5-13-37)20-38(47)34(45)28(19-41)49-36(35(38)46)48-27-10-6-9-24-31(27)33(44)30-25(32(24)43)16-22(17-26(30)42)15-21-7-2-1-3-8-21/h6,9-11,14,16-18,21,25,28,30,34-36,41-42,45-47H,1-5,7-8,12-13,15,19-20H2,(H2,39,40). The molecule has 11 nitrogen and oxygen atoms in total. The fourth-order valence-electron chi connectivity index (χ4n) is 9.20. The normalized spacial score (nSPS) is 33.0. The lowest BCUT2D eigenvalue weighted by Gasteiger charge is -2.50. The Morgan fingerprint density at radius 1 is 1.00 bits per heavy atom. The first-order valence-electron chi connectivity index (χ1n) is 17.6. The summed E-state index contributed by atoms with van der Waals surface area (Å²) in [6.07, 6.45) is 8.02. The van der Waals surface area contributed by atoms with Crippen LogP contribution < -0.4 is 10.5 Å². The number of nitrogens with zero attached hydrogens (tertiary/aromatic N) is 1. The first kappa shape index (κ1) is 33.9. The second kappa shape index (κ2) is 13.3. The van der Waals surface area contributed by atoms with Crippen molar-refractivity contribution < 1.29 is 44.6 Å². The van der Waals surface area contributed by atoms with Gasteiger partial charge in [-0.2, -0.15) is 0 Å². The van der Waals surface area contributed by atoms with Gasteiger partial charge in [0.2, 0.25) is 6.29 Å². The average molecular weight is 675 g/mol. The largest absolute Gasteiger partial charge is 0.511 e. The second-order valence-electron chi connectivity index (χ2n) is 14.8. The van der Waals surface area contributed by atoms with Gasteiger partial charge in [-0.1, -0.05) is 63.2 Å². The van der Waals surface area contributed by atoms with Gasteiger partial charge in [-0.15, -0.1) is 0 Å². The quantitative estimate of drug-likeness (QED) is 0.236. The number of allylic oxidation sites excluding steroid dienone is 4. The van der Waals surface area contributed by atoms with Crippen molar-refractivity contribution in [3.63, 3.8) is 0 Å². The third-order valence-electron chi connectivity index (χ3n) is 11.7. The van der Waals surface area contributed by atoms with E-state index in [-0.39, 0.29) is 34.8 Å². The van der Waals surface area contributed by atoms with Gasteiger partial charge in [0.1, 0.15) is 41.2 Å². The van der Waals surface area contributed by atoms with Crippen LogP contribution in [-0.4, -0.2) is 78.9 Å². The number of carbonyl (C=O) groups is 2. The highest BCUT2D eigenvalue weighted by Crippen LogP contribution is 2.50. The minimum atomic E-state index is -2.21. The first-order chi connectivity index (χ1) is 23.5. The Bertz CT molecular complexity index is 1660. The van der Waals surface area contributed by atoms with Crippen LogP contribution in [0.15, 0.2) is 60.0 Å². The number of pyridine rings is 1. The van der Waals surface area contributed by atoms with Crippen LogP contribution in [0.2, 0.25) is 0 Å². The summed E-state index contributed by atoms with van der Waals surface area (Å²) in [5.41, 5.74) is 4.91. The lowest BCUT2D eigenvalue weighted by Crippen LogP contribution is -2.69. The number of aliphatic hydroxyl groups excluding tert-OH is 4. The van der Waals surface area contributed by atoms with E-state index in [0.717, 1.165) is 43.2 Å². The predicted molar refractivity (Wildman–Crippen MR) is 179 cm³/mol. The van der Waals surface area contributed by atoms with Gasteiger partial charge < -0.3 is 40.7 Å². The fourth-order valence-corrected chi connectivity index (χ4v) is 9.20. The highest BCUT2D eigenvalue weighted by molar-refractivity contribution is 6.19. The number of carbonyl (C=O) groups excluding carboxylic acids is 2. The molecule has 1 aliphatic heterocycles. The zero-order chi connectivity index (χ0) is 34.5. The lowest BCUT2D eigenvalue weighted by atomic mass is 9.66. The summed E-state index contributed by atoms with van der Waals surface area (Å²) in [7, 11) is 0. The number of aromatic nitrogens is 1. The number of fused-ring (bicyclic) bond motifs is 2. The molecule has 1 aromatic heterocycles. The summed E-state index contributed by atoms with van der Waals surface area (Å²) in [4.78, 5) is 32.1. The van der Waals surface area contributed by atoms with Crippen molar-refractivity contribution in [2.24, 2.45) is 17.8 Å². The van der Waals surface area contributed by atoms with E-state index in [1.807, 2.05) is 12.1 Å². The molecule has 1 aromatic carbocycles. The van der Waals surface area contributed by atoms with Crippen LogP contribution >= 0.6 is 0 Å². The maximum absolute atomic E-state index is 14.1. The van der Waals surface area contributed by atoms with Crippen LogP contribution in [0.5, 0.6) is 5.75 Å². The van der Waals surface area contributed by atoms with E-state index in [0.29, 0.717) is 24.6 Å². The van der Waals surface area contributed by atoms with E-state index >= 15 is 0 Å². The van der Waals surface area contributed by atoms with Crippen molar-refractivity contribution in [1.29, 1.82) is 0 Å². The Kier molecular flexibility index (Phi) is 9.16. The molecule has 262 valence electrons. The topological polar surface area (TPSA) is 193 Å². The number of aliphatic hydroxyl groups is 5. The van der Waals surface area contributed by atoms with E-state index in [4.69, 9.17) is 15.2 Å². The molecule has 0 amide bonds. The Morgan fingerprint density at radius 3 is 2.47 bits per heavy atom. The number of anilines is 1. The molecule has 7 N–H and O–H groups in total. The van der Waals surface area contributed by atoms with Gasteiger partial charge in [-0.3, -0.25) is 9.59 Å². The number of nitrogens with two attached hydrogens (primary N) is 1. The van der Waals surface area contributed by atoms with Gasteiger partial charge in [-0.05, 0) is 72.4 Å². The van der Waals surface area contributed by atoms with Crippen molar-refractivity contribution in [2.75, 3.05) is 12.3 Å². The van der Waals surface area contributed by atoms with Crippen molar-refractivity contribution >= 4 is 17.4 Å². The maximum atomic E-state index is 14.1. The van der Waals surface area contributed by atoms with Crippen molar-refractivity contribution in [3.8, 4) is 5.75 Å². The van der Waals surface area contributed by atoms with Crippen molar-refractivity contribution in [2.45, 2.75) is 106 Å². The minimum Gasteiger partial charge on any atom is -0.511 e. The van der Waals surface area contributed by atoms with E-state index in [9.17, 15) is 35.1 Å². The number of hydrogen-bond acceptors (Lipinski definition) is 11. The molecule has 3 fully saturated rings. The number of hydrogen-bond donors (Lipinski definition) is 6. The molecule has 2 aromatic rings. The summed E-state index contributed by atoms with van der Waals surface area (Å²) in [5.74, 6) is -2.24. The summed E-state index contributed by atoms with van der Waals surface area (Å²) in [6.45, 7) is -0.687. The predicted octanol–water partition coefficient (Wildman–Crippen LogP) is 4.08. The van der Waals surface area contributed by atoms with Crippen LogP contribution in [0.25, 0.3) is 0 Å². The molecule has 7 unspecified atom stereocenters. The third kappa shape index (κ3) is 5.99. The highest BCUT2D eigenvalue weighted by Gasteiger charge is 2.59. The number of ether oxygens (including phenoxy) is 2. The number of Topliss-reactive ketones (excluding diaryl/α,β-unsaturated/α-hetero) is 2. The Labute approximate surface area is 285 Å². The van der Waals surface area contributed by atoms with E-state index in [1.54, 1.807) is 30.5 Å². The molecule has 7 rings (SSSR count). The Morgan fingerprint density at radius 2 is 1.76 bits per heavy atom. The van der Waals surface area contributed by atoms with Gasteiger partial charge in [0.25, 0.3) is 0 Å². The van der Waals surface area contributed by atoms with E-state index in [1.165, 1.54) is 25.3 Å². The number of benzene rings is 1. The lowest BCUT2D eigenvalue weighted by molar-refractivity contribution is -0.318. The summed E-state index contributed by atoms with van der Waals surface area (Å²) in [5, 5.41) is 56.6. The van der Waals surface area contributed by atoms with Gasteiger partial charge in [0.05, 0.1) is 24.0 Å². The van der Waals surface area contributed by atoms with Crippen LogP contribution in [0, 0.1) is 17.8 Å². The molecule has 0 spiro atoms. The molecule has 7 atom stereocenters. The smallest absolute Gasteiger partial charge is 0.229 e. The molecule has 2 heterocycles. The minimum absolute atomic E-state index is 0.0524. The third-order valence-corrected chi connectivity index (χ3v) is 11.7. The molecule has 11 heteroatoms. The Balaban J connectivity index is 1.18. The molecular weight excluding hydrogens is 628 g/mol. The van der Waals surface area contributed by atoms with E-state index in [2.05, 4.69) is 4.98 Å². The van der Waals surface area contributed by atoms with Gasteiger partial charge in [-0.25, -0.2) is 4.98 Å². The van der Waals surface area contributed by atoms with Gasteiger partial charge in [0.15, 0.2) is 11.6 Å². The van der Waals surface area contributed by atoms with Crippen LogP contribution in [0.4, 0.5) is 5.82 Å². The molecule has 0 radical (unpaired) electrons. The average Bonchev–Trinajstić information content (AvgIpc) is 3.57. The summed E-state index contributed by atoms with van der Waals surface area (Å²) < 4.78 is 12.0. The van der Waals surface area contributed by atoms with Crippen LogP contribution in [0.1, 0.15) is 96.9 Å². The summed E-state index contributed by atoms with van der Waals surface area (Å²) in [6, 6.07) is 8.12. The number of ketones is 2. The highest BCUT2D eigenvalue weighted by atomic mass is 16.7. The molecule has 1 saturated heterocycles. The van der Waals surface area contributed by atoms with Crippen molar-refractivity contribution in [1.82, 2.24) is 4.98 Å². The maximum Gasteiger partial charge on any atom is 0.229 e. The SMILES string of the molecule is Nc1cc(C2(CC3(O)C(O)C(CO)OC(Oc4cccc5c4C(=O)C4C(O)=CC(CC6CCCCC6)=CC4C5=O)C3O)CCCC2)ccn1. The zero-order valence-corrected chi connectivity index (χ0v) is 27.5. The fraction of sp³-hybridized carbons (Fsp3) is 0.553. The first-order valence-corrected chi connectivity index (χ1v) is 17.6. The molecular formula is C38H46N2O9. The van der Waals surface area contributed by atoms with Crippen LogP contribution in [0.3, 0.4) is 0 Å². The monoisotopic (exact) mass is 674 g/mol. The Hall–Kier alpha value is -3.61. The molecule has 4 aliphatic carbocycles. The second-order valence-corrected chi connectivity index (χ2v) is 14.8. The van der Waals surface area contributed by atoms with Crippen molar-refractivity contribution in [3.05, 3.63) is 76.7 Å². The molecule has 2 saturated carbocycles. The van der Waals surface area contributed by atoms with Gasteiger partial charge in [0, 0.05) is 11.8 Å². The number of nitrogen functional groups attached to an aromatic ring is 1. The molecule has 5 aliphatic rings. The van der Waals surface area contributed by atoms with E-state index < -0.39 is 59.8 Å². The molecule has 0 bridgehead atoms. The molecule has 49 heavy (non-hydrogen) atoms. The van der Waals surface area contributed by atoms with Crippen LogP contribution in [-0.2, 0) is 10.2 Å². The summed E-state index contributed by atoms with van der Waals surface area (Å²) >= 11 is 0. The number of rotatable bonds is 8. The van der Waals surface area contributed by atoms with Gasteiger partial charge >= 0.3 is 0 Å².